The third-order valence-corrected chi connectivity index (χ3v) is 6.99. The van der Waals surface area contributed by atoms with Crippen LogP contribution in [0.1, 0.15) is 38.5 Å². The van der Waals surface area contributed by atoms with Gasteiger partial charge in [0.15, 0.2) is 9.84 Å². The topological polar surface area (TPSA) is 54.5 Å². The minimum Gasteiger partial charge on any atom is -0.342 e. The fourth-order valence-electron chi connectivity index (χ4n) is 3.87. The van der Waals surface area contributed by atoms with E-state index in [0.717, 1.165) is 45.1 Å². The SMILES string of the molecule is O=C(C1CCCC1)N1CCCC(CS(=O)(=O)c2ccccc2)C1. The maximum Gasteiger partial charge on any atom is 0.225 e. The second-order valence-corrected chi connectivity index (χ2v) is 8.90. The predicted molar refractivity (Wildman–Crippen MR) is 89.8 cm³/mol. The summed E-state index contributed by atoms with van der Waals surface area (Å²) in [6, 6.07) is 8.63. The van der Waals surface area contributed by atoms with Gasteiger partial charge in [0.1, 0.15) is 0 Å². The molecule has 0 N–H and O–H groups in total. The van der Waals surface area contributed by atoms with Crippen LogP contribution in [0.15, 0.2) is 35.2 Å². The van der Waals surface area contributed by atoms with Crippen molar-refractivity contribution in [3.8, 4) is 0 Å². The summed E-state index contributed by atoms with van der Waals surface area (Å²) in [5, 5.41) is 0. The first-order chi connectivity index (χ1) is 11.1. The van der Waals surface area contributed by atoms with Gasteiger partial charge in [-0.3, -0.25) is 4.79 Å². The third-order valence-electron chi connectivity index (χ3n) is 5.09. The Bertz CT molecular complexity index is 635. The van der Waals surface area contributed by atoms with Crippen molar-refractivity contribution >= 4 is 15.7 Å². The molecular formula is C18H25NO3S. The van der Waals surface area contributed by atoms with Crippen molar-refractivity contribution in [2.24, 2.45) is 11.8 Å². The summed E-state index contributed by atoms with van der Waals surface area (Å²) < 4.78 is 25.1. The molecule has 3 rings (SSSR count). The number of amides is 1. The smallest absolute Gasteiger partial charge is 0.225 e. The average Bonchev–Trinajstić information content (AvgIpc) is 3.09. The zero-order chi connectivity index (χ0) is 16.3. The summed E-state index contributed by atoms with van der Waals surface area (Å²) in [5.41, 5.74) is 0. The largest absolute Gasteiger partial charge is 0.342 e. The van der Waals surface area contributed by atoms with Crippen LogP contribution in [0.5, 0.6) is 0 Å². The van der Waals surface area contributed by atoms with E-state index in [1.165, 1.54) is 0 Å². The zero-order valence-corrected chi connectivity index (χ0v) is 14.3. The van der Waals surface area contributed by atoms with E-state index in [9.17, 15) is 13.2 Å². The molecule has 23 heavy (non-hydrogen) atoms. The Morgan fingerprint density at radius 2 is 1.74 bits per heavy atom. The molecule has 1 aliphatic carbocycles. The first-order valence-corrected chi connectivity index (χ1v) is 10.3. The lowest BCUT2D eigenvalue weighted by Crippen LogP contribution is -2.44. The molecule has 0 bridgehead atoms. The van der Waals surface area contributed by atoms with Gasteiger partial charge in [-0.2, -0.15) is 0 Å². The molecule has 1 aliphatic heterocycles. The normalized spacial score (nSPS) is 23.1. The molecule has 1 aromatic rings. The van der Waals surface area contributed by atoms with Gasteiger partial charge in [-0.25, -0.2) is 8.42 Å². The second kappa shape index (κ2) is 7.04. The zero-order valence-electron chi connectivity index (χ0n) is 13.5. The highest BCUT2D eigenvalue weighted by molar-refractivity contribution is 7.91. The number of rotatable bonds is 4. The Kier molecular flexibility index (Phi) is 5.05. The van der Waals surface area contributed by atoms with Crippen LogP contribution in [-0.2, 0) is 14.6 Å². The summed E-state index contributed by atoms with van der Waals surface area (Å²) in [7, 11) is -3.27. The predicted octanol–water partition coefficient (Wildman–Crippen LogP) is 2.89. The summed E-state index contributed by atoms with van der Waals surface area (Å²) >= 11 is 0. The quantitative estimate of drug-likeness (QED) is 0.850. The lowest BCUT2D eigenvalue weighted by molar-refractivity contribution is -0.137. The van der Waals surface area contributed by atoms with Crippen LogP contribution >= 0.6 is 0 Å². The second-order valence-electron chi connectivity index (χ2n) is 6.87. The van der Waals surface area contributed by atoms with Crippen LogP contribution in [0.25, 0.3) is 0 Å². The van der Waals surface area contributed by atoms with Gasteiger partial charge in [0.05, 0.1) is 10.6 Å². The third kappa shape index (κ3) is 3.94. The number of carbonyl (C=O) groups excluding carboxylic acids is 1. The van der Waals surface area contributed by atoms with Crippen molar-refractivity contribution in [3.05, 3.63) is 30.3 Å². The molecule has 1 atom stereocenters. The molecule has 126 valence electrons. The van der Waals surface area contributed by atoms with E-state index in [-0.39, 0.29) is 23.5 Å². The average molecular weight is 335 g/mol. The van der Waals surface area contributed by atoms with Crippen LogP contribution in [0.4, 0.5) is 0 Å². The van der Waals surface area contributed by atoms with Gasteiger partial charge in [-0.15, -0.1) is 0 Å². The van der Waals surface area contributed by atoms with E-state index in [4.69, 9.17) is 0 Å². The van der Waals surface area contributed by atoms with E-state index in [0.29, 0.717) is 11.4 Å². The molecule has 4 nitrogen and oxygen atoms in total. The summed E-state index contributed by atoms with van der Waals surface area (Å²) in [6.07, 6.45) is 6.10. The van der Waals surface area contributed by atoms with Crippen molar-refractivity contribution in [3.63, 3.8) is 0 Å². The molecule has 2 aliphatic rings. The fraction of sp³-hybridized carbons (Fsp3) is 0.611. The van der Waals surface area contributed by atoms with Crippen LogP contribution < -0.4 is 0 Å². The summed E-state index contributed by atoms with van der Waals surface area (Å²) in [6.45, 7) is 1.39. The van der Waals surface area contributed by atoms with E-state index in [1.807, 2.05) is 11.0 Å². The van der Waals surface area contributed by atoms with E-state index >= 15 is 0 Å². The minimum atomic E-state index is -3.27. The highest BCUT2D eigenvalue weighted by Gasteiger charge is 2.32. The van der Waals surface area contributed by atoms with Crippen LogP contribution in [0.2, 0.25) is 0 Å². The molecular weight excluding hydrogens is 310 g/mol. The van der Waals surface area contributed by atoms with Crippen LogP contribution in [0.3, 0.4) is 0 Å². The number of benzene rings is 1. The maximum absolute atomic E-state index is 12.6. The molecule has 2 fully saturated rings. The van der Waals surface area contributed by atoms with Crippen molar-refractivity contribution in [1.82, 2.24) is 4.90 Å². The van der Waals surface area contributed by atoms with Gasteiger partial charge >= 0.3 is 0 Å². The number of hydrogen-bond acceptors (Lipinski definition) is 3. The fourth-order valence-corrected chi connectivity index (χ4v) is 5.52. The molecule has 1 saturated heterocycles. The monoisotopic (exact) mass is 335 g/mol. The van der Waals surface area contributed by atoms with Crippen molar-refractivity contribution in [1.29, 1.82) is 0 Å². The first-order valence-electron chi connectivity index (χ1n) is 8.63. The van der Waals surface area contributed by atoms with Crippen molar-refractivity contribution in [2.75, 3.05) is 18.8 Å². The van der Waals surface area contributed by atoms with Gasteiger partial charge in [0.2, 0.25) is 5.91 Å². The van der Waals surface area contributed by atoms with Crippen molar-refractivity contribution < 1.29 is 13.2 Å². The Hall–Kier alpha value is -1.36. The number of likely N-dealkylation sites (tertiary alicyclic amines) is 1. The number of nitrogens with zero attached hydrogens (tertiary/aromatic N) is 1. The Morgan fingerprint density at radius 1 is 1.04 bits per heavy atom. The molecule has 0 aromatic heterocycles. The van der Waals surface area contributed by atoms with Crippen LogP contribution in [0, 0.1) is 11.8 Å². The minimum absolute atomic E-state index is 0.0549. The summed E-state index contributed by atoms with van der Waals surface area (Å²) in [4.78, 5) is 14.9. The van der Waals surface area contributed by atoms with Gasteiger partial charge in [0, 0.05) is 19.0 Å². The van der Waals surface area contributed by atoms with Gasteiger partial charge < -0.3 is 4.90 Å². The van der Waals surface area contributed by atoms with E-state index < -0.39 is 9.84 Å². The Balaban J connectivity index is 1.63. The number of carbonyl (C=O) groups is 1. The summed E-state index contributed by atoms with van der Waals surface area (Å²) in [5.74, 6) is 0.633. The van der Waals surface area contributed by atoms with E-state index in [2.05, 4.69) is 0 Å². The highest BCUT2D eigenvalue weighted by atomic mass is 32.2. The molecule has 1 aromatic carbocycles. The first kappa shape index (κ1) is 16.5. The molecule has 1 amide bonds. The molecule has 1 heterocycles. The standard InChI is InChI=1S/C18H25NO3S/c20-18(16-8-4-5-9-16)19-12-6-7-15(13-19)14-23(21,22)17-10-2-1-3-11-17/h1-3,10-11,15-16H,4-9,12-14H2. The van der Waals surface area contributed by atoms with Gasteiger partial charge in [-0.1, -0.05) is 31.0 Å². The lowest BCUT2D eigenvalue weighted by atomic mass is 9.97. The van der Waals surface area contributed by atoms with E-state index in [1.54, 1.807) is 24.3 Å². The highest BCUT2D eigenvalue weighted by Crippen LogP contribution is 2.29. The van der Waals surface area contributed by atoms with Gasteiger partial charge in [-0.05, 0) is 43.7 Å². The number of hydrogen-bond donors (Lipinski definition) is 0. The maximum atomic E-state index is 12.6. The molecule has 1 saturated carbocycles. The van der Waals surface area contributed by atoms with Crippen molar-refractivity contribution in [2.45, 2.75) is 43.4 Å². The molecule has 0 spiro atoms. The number of piperidine rings is 1. The lowest BCUT2D eigenvalue weighted by Gasteiger charge is -2.34. The molecule has 0 radical (unpaired) electrons. The van der Waals surface area contributed by atoms with Gasteiger partial charge in [0.25, 0.3) is 0 Å². The molecule has 1 unspecified atom stereocenters. The van der Waals surface area contributed by atoms with Crippen LogP contribution in [-0.4, -0.2) is 38.1 Å². The molecule has 5 heteroatoms. The Morgan fingerprint density at radius 3 is 2.43 bits per heavy atom. The number of sulfone groups is 1. The Labute approximate surface area is 138 Å².